The number of nitrogens with one attached hydrogen (secondary N) is 1. The zero-order valence-corrected chi connectivity index (χ0v) is 12.4. The molecule has 1 heterocycles. The highest BCUT2D eigenvalue weighted by Crippen LogP contribution is 2.25. The number of hydrogen-bond donors (Lipinski definition) is 1. The van der Waals surface area contributed by atoms with Gasteiger partial charge in [-0.3, -0.25) is 4.79 Å². The molecule has 0 fully saturated rings. The Morgan fingerprint density at radius 2 is 2.26 bits per heavy atom. The van der Waals surface area contributed by atoms with Crippen molar-refractivity contribution in [2.24, 2.45) is 0 Å². The minimum atomic E-state index is -0.113. The van der Waals surface area contributed by atoms with Crippen molar-refractivity contribution >= 4 is 29.0 Å². The fraction of sp³-hybridized carbons (Fsp3) is 0.214. The van der Waals surface area contributed by atoms with Crippen molar-refractivity contribution < 1.29 is 9.53 Å². The first-order chi connectivity index (χ1) is 9.24. The maximum Gasteiger partial charge on any atom is 0.255 e. The molecule has 19 heavy (non-hydrogen) atoms. The van der Waals surface area contributed by atoms with Crippen LogP contribution >= 0.6 is 23.1 Å². The summed E-state index contributed by atoms with van der Waals surface area (Å²) >= 11 is 3.25. The molecule has 2 aromatic rings. The van der Waals surface area contributed by atoms with Crippen molar-refractivity contribution in [3.05, 3.63) is 46.2 Å². The molecule has 0 bridgehead atoms. The smallest absolute Gasteiger partial charge is 0.255 e. The average Bonchev–Trinajstić information content (AvgIpc) is 2.97. The lowest BCUT2D eigenvalue weighted by molar-refractivity contribution is 0.0948. The van der Waals surface area contributed by atoms with Gasteiger partial charge in [-0.05, 0) is 35.9 Å². The van der Waals surface area contributed by atoms with Gasteiger partial charge in [0.05, 0.1) is 19.2 Å². The van der Waals surface area contributed by atoms with E-state index in [0.29, 0.717) is 17.9 Å². The number of rotatable bonds is 5. The molecule has 0 saturated carbocycles. The maximum atomic E-state index is 12.1. The highest BCUT2D eigenvalue weighted by Gasteiger charge is 2.12. The van der Waals surface area contributed by atoms with E-state index < -0.39 is 0 Å². The van der Waals surface area contributed by atoms with Gasteiger partial charge in [0.2, 0.25) is 0 Å². The Balaban J connectivity index is 2.09. The van der Waals surface area contributed by atoms with Gasteiger partial charge in [-0.2, -0.15) is 0 Å². The van der Waals surface area contributed by atoms with Crippen molar-refractivity contribution in [3.63, 3.8) is 0 Å². The molecule has 0 atom stereocenters. The molecule has 0 aliphatic carbocycles. The fourth-order valence-corrected chi connectivity index (χ4v) is 2.74. The van der Waals surface area contributed by atoms with E-state index in [9.17, 15) is 4.79 Å². The van der Waals surface area contributed by atoms with Gasteiger partial charge in [0.15, 0.2) is 0 Å². The van der Waals surface area contributed by atoms with Gasteiger partial charge in [-0.25, -0.2) is 0 Å². The first kappa shape index (κ1) is 14.0. The number of ether oxygens (including phenoxy) is 1. The Morgan fingerprint density at radius 3 is 2.89 bits per heavy atom. The molecular formula is C14H15NO2S2. The third kappa shape index (κ3) is 3.52. The number of hydrogen-bond acceptors (Lipinski definition) is 4. The standard InChI is InChI=1S/C14H15NO2S2/c1-17-13-8-10(18-2)5-6-12(13)14(16)15-9-11-4-3-7-19-11/h3-8H,9H2,1-2H3,(H,15,16). The van der Waals surface area contributed by atoms with E-state index >= 15 is 0 Å². The van der Waals surface area contributed by atoms with Crippen molar-refractivity contribution in [1.29, 1.82) is 0 Å². The van der Waals surface area contributed by atoms with Crippen LogP contribution in [0.2, 0.25) is 0 Å². The Labute approximate surface area is 121 Å². The second-order valence-corrected chi connectivity index (χ2v) is 5.74. The van der Waals surface area contributed by atoms with Crippen molar-refractivity contribution in [2.45, 2.75) is 11.4 Å². The number of thiophene rings is 1. The van der Waals surface area contributed by atoms with Gasteiger partial charge in [-0.1, -0.05) is 6.07 Å². The van der Waals surface area contributed by atoms with Crippen molar-refractivity contribution in [3.8, 4) is 5.75 Å². The number of benzene rings is 1. The predicted octanol–water partition coefficient (Wildman–Crippen LogP) is 3.41. The van der Waals surface area contributed by atoms with Gasteiger partial charge in [-0.15, -0.1) is 23.1 Å². The van der Waals surface area contributed by atoms with Crippen LogP contribution in [0.25, 0.3) is 0 Å². The summed E-state index contributed by atoms with van der Waals surface area (Å²) < 4.78 is 5.27. The lowest BCUT2D eigenvalue weighted by Gasteiger charge is -2.10. The molecule has 0 saturated heterocycles. The Kier molecular flexibility index (Phi) is 4.87. The van der Waals surface area contributed by atoms with Gasteiger partial charge < -0.3 is 10.1 Å². The molecule has 0 radical (unpaired) electrons. The van der Waals surface area contributed by atoms with Crippen LogP contribution in [0.5, 0.6) is 5.75 Å². The molecule has 100 valence electrons. The molecule has 2 rings (SSSR count). The molecule has 5 heteroatoms. The topological polar surface area (TPSA) is 38.3 Å². The van der Waals surface area contributed by atoms with E-state index in [0.717, 1.165) is 9.77 Å². The SMILES string of the molecule is COc1cc(SC)ccc1C(=O)NCc1cccs1. The van der Waals surface area contributed by atoms with Gasteiger partial charge >= 0.3 is 0 Å². The number of methoxy groups -OCH3 is 1. The quantitative estimate of drug-likeness (QED) is 0.859. The summed E-state index contributed by atoms with van der Waals surface area (Å²) in [6.07, 6.45) is 1.99. The molecule has 0 unspecified atom stereocenters. The van der Waals surface area contributed by atoms with Gasteiger partial charge in [0.25, 0.3) is 5.91 Å². The fourth-order valence-electron chi connectivity index (χ4n) is 1.66. The first-order valence-corrected chi connectivity index (χ1v) is 7.87. The summed E-state index contributed by atoms with van der Waals surface area (Å²) in [6, 6.07) is 9.57. The van der Waals surface area contributed by atoms with Crippen molar-refractivity contribution in [1.82, 2.24) is 5.32 Å². The monoisotopic (exact) mass is 293 g/mol. The highest BCUT2D eigenvalue weighted by atomic mass is 32.2. The van der Waals surface area contributed by atoms with E-state index in [1.165, 1.54) is 0 Å². The second-order valence-electron chi connectivity index (χ2n) is 3.83. The zero-order chi connectivity index (χ0) is 13.7. The van der Waals surface area contributed by atoms with Crippen LogP contribution in [0.3, 0.4) is 0 Å². The molecular weight excluding hydrogens is 278 g/mol. The molecule has 3 nitrogen and oxygen atoms in total. The zero-order valence-electron chi connectivity index (χ0n) is 10.8. The minimum absolute atomic E-state index is 0.113. The van der Waals surface area contributed by atoms with E-state index in [1.54, 1.807) is 36.3 Å². The summed E-state index contributed by atoms with van der Waals surface area (Å²) in [5.74, 6) is 0.494. The van der Waals surface area contributed by atoms with Gasteiger partial charge in [0.1, 0.15) is 5.75 Å². The molecule has 0 aliphatic heterocycles. The summed E-state index contributed by atoms with van der Waals surface area (Å²) in [4.78, 5) is 14.3. The lowest BCUT2D eigenvalue weighted by Crippen LogP contribution is -2.22. The summed E-state index contributed by atoms with van der Waals surface area (Å²) in [5, 5.41) is 4.89. The predicted molar refractivity (Wildman–Crippen MR) is 80.3 cm³/mol. The molecule has 1 aromatic heterocycles. The Hall–Kier alpha value is -1.46. The summed E-state index contributed by atoms with van der Waals surface area (Å²) in [5.41, 5.74) is 0.567. The minimum Gasteiger partial charge on any atom is -0.496 e. The lowest BCUT2D eigenvalue weighted by atomic mass is 10.2. The van der Waals surface area contributed by atoms with E-state index in [2.05, 4.69) is 5.32 Å². The van der Waals surface area contributed by atoms with E-state index in [4.69, 9.17) is 4.74 Å². The van der Waals surface area contributed by atoms with Crippen LogP contribution in [-0.2, 0) is 6.54 Å². The Bertz CT molecular complexity index is 553. The molecule has 1 N–H and O–H groups in total. The third-order valence-corrected chi connectivity index (χ3v) is 4.26. The first-order valence-electron chi connectivity index (χ1n) is 5.77. The van der Waals surface area contributed by atoms with Crippen LogP contribution in [0.4, 0.5) is 0 Å². The molecule has 0 spiro atoms. The second kappa shape index (κ2) is 6.63. The maximum absolute atomic E-state index is 12.1. The molecule has 1 amide bonds. The average molecular weight is 293 g/mol. The Morgan fingerprint density at radius 1 is 1.42 bits per heavy atom. The van der Waals surface area contributed by atoms with Gasteiger partial charge in [0, 0.05) is 9.77 Å². The molecule has 1 aromatic carbocycles. The number of carbonyl (C=O) groups excluding carboxylic acids is 1. The normalized spacial score (nSPS) is 10.2. The molecule has 0 aliphatic rings. The number of amides is 1. The highest BCUT2D eigenvalue weighted by molar-refractivity contribution is 7.98. The largest absolute Gasteiger partial charge is 0.496 e. The summed E-state index contributed by atoms with van der Waals surface area (Å²) in [6.45, 7) is 0.546. The summed E-state index contributed by atoms with van der Waals surface area (Å²) in [7, 11) is 1.58. The van der Waals surface area contributed by atoms with Crippen LogP contribution in [0.1, 0.15) is 15.2 Å². The van der Waals surface area contributed by atoms with Crippen LogP contribution < -0.4 is 10.1 Å². The van der Waals surface area contributed by atoms with E-state index in [1.807, 2.05) is 35.9 Å². The number of carbonyl (C=O) groups is 1. The van der Waals surface area contributed by atoms with Crippen LogP contribution in [0, 0.1) is 0 Å². The van der Waals surface area contributed by atoms with Crippen LogP contribution in [0.15, 0.2) is 40.6 Å². The van der Waals surface area contributed by atoms with Crippen LogP contribution in [-0.4, -0.2) is 19.3 Å². The van der Waals surface area contributed by atoms with E-state index in [-0.39, 0.29) is 5.91 Å². The van der Waals surface area contributed by atoms with Crippen molar-refractivity contribution in [2.75, 3.05) is 13.4 Å². The third-order valence-electron chi connectivity index (χ3n) is 2.66. The number of thioether (sulfide) groups is 1.